The van der Waals surface area contributed by atoms with Crippen molar-refractivity contribution in [1.29, 1.82) is 0 Å². The van der Waals surface area contributed by atoms with Gasteiger partial charge < -0.3 is 9.30 Å². The molecule has 182 valence electrons. The van der Waals surface area contributed by atoms with E-state index in [4.69, 9.17) is 4.74 Å². The molecule has 2 aliphatic heterocycles. The SMILES string of the molecule is O=C1COc2ccc(N3C[C@@H](CCCCCn4c(=O)cnc5cc(F)c(F)cc54)CC3=O)nc2C1. The largest absolute Gasteiger partial charge is 0.484 e. The van der Waals surface area contributed by atoms with Crippen LogP contribution in [0.25, 0.3) is 11.0 Å². The molecule has 0 N–H and O–H groups in total. The summed E-state index contributed by atoms with van der Waals surface area (Å²) in [6.45, 7) is 0.997. The molecule has 5 rings (SSSR count). The van der Waals surface area contributed by atoms with Gasteiger partial charge in [-0.25, -0.2) is 18.7 Å². The molecule has 2 aromatic heterocycles. The molecule has 0 unspecified atom stereocenters. The third kappa shape index (κ3) is 4.78. The molecule has 1 aromatic carbocycles. The predicted octanol–water partition coefficient (Wildman–Crippen LogP) is 3.19. The Bertz CT molecular complexity index is 1370. The van der Waals surface area contributed by atoms with Crippen molar-refractivity contribution in [3.05, 3.63) is 58.1 Å². The van der Waals surface area contributed by atoms with Crippen LogP contribution in [0.4, 0.5) is 14.6 Å². The number of carbonyl (C=O) groups excluding carboxylic acids is 2. The maximum Gasteiger partial charge on any atom is 0.269 e. The van der Waals surface area contributed by atoms with Gasteiger partial charge in [-0.2, -0.15) is 0 Å². The first-order chi connectivity index (χ1) is 16.9. The molecule has 0 radical (unpaired) electrons. The Morgan fingerprint density at radius 1 is 1.06 bits per heavy atom. The second kappa shape index (κ2) is 9.52. The van der Waals surface area contributed by atoms with Crippen LogP contribution in [0.1, 0.15) is 37.8 Å². The fourth-order valence-corrected chi connectivity index (χ4v) is 4.75. The summed E-state index contributed by atoms with van der Waals surface area (Å²) in [4.78, 5) is 46.5. The highest BCUT2D eigenvalue weighted by atomic mass is 19.2. The van der Waals surface area contributed by atoms with Gasteiger partial charge in [-0.15, -0.1) is 0 Å². The van der Waals surface area contributed by atoms with E-state index < -0.39 is 11.6 Å². The number of ketones is 1. The van der Waals surface area contributed by atoms with E-state index in [0.717, 1.165) is 37.6 Å². The molecule has 10 heteroatoms. The van der Waals surface area contributed by atoms with Gasteiger partial charge in [0.1, 0.15) is 18.2 Å². The molecular weight excluding hydrogens is 458 g/mol. The Morgan fingerprint density at radius 2 is 1.89 bits per heavy atom. The van der Waals surface area contributed by atoms with Crippen LogP contribution in [-0.2, 0) is 22.6 Å². The van der Waals surface area contributed by atoms with E-state index in [2.05, 4.69) is 9.97 Å². The van der Waals surface area contributed by atoms with E-state index in [1.165, 1.54) is 4.57 Å². The predicted molar refractivity (Wildman–Crippen MR) is 123 cm³/mol. The van der Waals surface area contributed by atoms with Crippen molar-refractivity contribution in [2.75, 3.05) is 18.1 Å². The van der Waals surface area contributed by atoms with Gasteiger partial charge in [-0.05, 0) is 30.9 Å². The van der Waals surface area contributed by atoms with Crippen LogP contribution in [0.3, 0.4) is 0 Å². The summed E-state index contributed by atoms with van der Waals surface area (Å²) >= 11 is 0. The number of carbonyl (C=O) groups is 2. The number of fused-ring (bicyclic) bond motifs is 2. The molecule has 1 saturated heterocycles. The number of aromatic nitrogens is 3. The average Bonchev–Trinajstić information content (AvgIpc) is 3.21. The normalized spacial score (nSPS) is 17.7. The Balaban J connectivity index is 1.15. The minimum Gasteiger partial charge on any atom is -0.484 e. The van der Waals surface area contributed by atoms with Gasteiger partial charge in [0.15, 0.2) is 17.4 Å². The molecule has 0 spiro atoms. The number of Topliss-reactive ketones (excluding diaryl/α,β-unsaturated/α-hetero) is 1. The summed E-state index contributed by atoms with van der Waals surface area (Å²) in [6.07, 6.45) is 4.99. The number of benzene rings is 1. The van der Waals surface area contributed by atoms with Gasteiger partial charge in [0, 0.05) is 31.6 Å². The number of anilines is 1. The number of aryl methyl sites for hydroxylation is 1. The van der Waals surface area contributed by atoms with E-state index in [0.29, 0.717) is 43.2 Å². The topological polar surface area (TPSA) is 94.4 Å². The third-order valence-electron chi connectivity index (χ3n) is 6.54. The van der Waals surface area contributed by atoms with Gasteiger partial charge in [-0.3, -0.25) is 19.3 Å². The van der Waals surface area contributed by atoms with Crippen molar-refractivity contribution >= 4 is 28.5 Å². The number of unbranched alkanes of at least 4 members (excludes halogenated alkanes) is 2. The van der Waals surface area contributed by atoms with E-state index in [-0.39, 0.29) is 47.2 Å². The molecule has 8 nitrogen and oxygen atoms in total. The average molecular weight is 482 g/mol. The van der Waals surface area contributed by atoms with Gasteiger partial charge in [0.25, 0.3) is 5.56 Å². The zero-order chi connectivity index (χ0) is 24.5. The maximum atomic E-state index is 13.7. The summed E-state index contributed by atoms with van der Waals surface area (Å²) in [7, 11) is 0. The zero-order valence-corrected chi connectivity index (χ0v) is 19.0. The lowest BCUT2D eigenvalue weighted by Crippen LogP contribution is -2.27. The van der Waals surface area contributed by atoms with Gasteiger partial charge in [-0.1, -0.05) is 12.8 Å². The Hall–Kier alpha value is -3.69. The van der Waals surface area contributed by atoms with Crippen molar-refractivity contribution in [1.82, 2.24) is 14.5 Å². The lowest BCUT2D eigenvalue weighted by Gasteiger charge is -2.20. The van der Waals surface area contributed by atoms with E-state index in [1.54, 1.807) is 17.0 Å². The lowest BCUT2D eigenvalue weighted by molar-refractivity contribution is -0.121. The summed E-state index contributed by atoms with van der Waals surface area (Å²) < 4.78 is 34.0. The molecule has 0 bridgehead atoms. The fourth-order valence-electron chi connectivity index (χ4n) is 4.75. The van der Waals surface area contributed by atoms with Crippen LogP contribution in [0.2, 0.25) is 0 Å². The summed E-state index contributed by atoms with van der Waals surface area (Å²) in [5, 5.41) is 0. The van der Waals surface area contributed by atoms with Crippen LogP contribution in [0.5, 0.6) is 5.75 Å². The first-order valence-electron chi connectivity index (χ1n) is 11.7. The molecule has 0 saturated carbocycles. The first-order valence-corrected chi connectivity index (χ1v) is 11.7. The number of hydrogen-bond donors (Lipinski definition) is 0. The smallest absolute Gasteiger partial charge is 0.269 e. The minimum absolute atomic E-state index is 0.00886. The standard InChI is InChI=1S/C25H24F2N4O4/c26-17-10-19-21(11-18(17)27)30(25(34)12-28-19)7-3-1-2-4-15-8-24(33)31(13-15)23-6-5-22-20(29-23)9-16(32)14-35-22/h5-6,10-12,15H,1-4,7-9,13-14H2/t15-/m0/s1. The number of amides is 1. The highest BCUT2D eigenvalue weighted by molar-refractivity contribution is 5.95. The van der Waals surface area contributed by atoms with Crippen molar-refractivity contribution in [3.63, 3.8) is 0 Å². The number of ether oxygens (including phenoxy) is 1. The lowest BCUT2D eigenvalue weighted by atomic mass is 10.0. The molecule has 2 aliphatic rings. The van der Waals surface area contributed by atoms with Crippen LogP contribution in [0, 0.1) is 17.6 Å². The van der Waals surface area contributed by atoms with Gasteiger partial charge in [0.2, 0.25) is 5.91 Å². The Kier molecular flexibility index (Phi) is 6.27. The molecule has 1 atom stereocenters. The maximum absolute atomic E-state index is 13.7. The Labute approximate surface area is 199 Å². The second-order valence-electron chi connectivity index (χ2n) is 9.05. The summed E-state index contributed by atoms with van der Waals surface area (Å²) in [6, 6.07) is 5.51. The number of pyridine rings is 1. The minimum atomic E-state index is -1.01. The fraction of sp³-hybridized carbons (Fsp3) is 0.400. The number of nitrogens with zero attached hydrogens (tertiary/aromatic N) is 4. The zero-order valence-electron chi connectivity index (χ0n) is 19.0. The molecular formula is C25H24F2N4O4. The van der Waals surface area contributed by atoms with Gasteiger partial charge >= 0.3 is 0 Å². The van der Waals surface area contributed by atoms with Crippen molar-refractivity contribution < 1.29 is 23.1 Å². The van der Waals surface area contributed by atoms with Gasteiger partial charge in [0.05, 0.1) is 29.3 Å². The molecule has 1 amide bonds. The van der Waals surface area contributed by atoms with Crippen LogP contribution in [0.15, 0.2) is 35.3 Å². The van der Waals surface area contributed by atoms with Crippen LogP contribution in [-0.4, -0.2) is 39.4 Å². The van der Waals surface area contributed by atoms with E-state index in [1.807, 2.05) is 0 Å². The highest BCUT2D eigenvalue weighted by Gasteiger charge is 2.32. The molecule has 4 heterocycles. The molecule has 3 aromatic rings. The quantitative estimate of drug-likeness (QED) is 0.480. The first kappa shape index (κ1) is 23.1. The van der Waals surface area contributed by atoms with Crippen molar-refractivity contribution in [2.24, 2.45) is 5.92 Å². The molecule has 0 aliphatic carbocycles. The number of rotatable bonds is 7. The van der Waals surface area contributed by atoms with E-state index >= 15 is 0 Å². The van der Waals surface area contributed by atoms with Crippen LogP contribution >= 0.6 is 0 Å². The van der Waals surface area contributed by atoms with Crippen molar-refractivity contribution in [2.45, 2.75) is 45.1 Å². The number of halogens is 2. The highest BCUT2D eigenvalue weighted by Crippen LogP contribution is 2.30. The summed E-state index contributed by atoms with van der Waals surface area (Å²) in [5.41, 5.74) is 0.722. The third-order valence-corrected chi connectivity index (χ3v) is 6.54. The molecule has 1 fully saturated rings. The van der Waals surface area contributed by atoms with Crippen LogP contribution < -0.4 is 15.2 Å². The number of hydrogen-bond acceptors (Lipinski definition) is 6. The summed E-state index contributed by atoms with van der Waals surface area (Å²) in [5.74, 6) is -0.710. The monoisotopic (exact) mass is 482 g/mol. The second-order valence-corrected chi connectivity index (χ2v) is 9.05. The Morgan fingerprint density at radius 3 is 2.74 bits per heavy atom. The van der Waals surface area contributed by atoms with Crippen molar-refractivity contribution in [3.8, 4) is 5.75 Å². The van der Waals surface area contributed by atoms with E-state index in [9.17, 15) is 23.2 Å². The molecule has 35 heavy (non-hydrogen) atoms.